The van der Waals surface area contributed by atoms with Crippen molar-refractivity contribution in [3.05, 3.63) is 122 Å². The Kier molecular flexibility index (Phi) is 5.84. The SMILES string of the molecule is C=C/C=C\C=C(/C)N(c1ccccc1)c1ccc(-c2ccccc2)cc1. The molecule has 0 unspecified atom stereocenters. The van der Waals surface area contributed by atoms with Gasteiger partial charge in [0.05, 0.1) is 0 Å². The molecule has 0 radical (unpaired) electrons. The molecule has 0 N–H and O–H groups in total. The Hall–Kier alpha value is -3.32. The third-order valence-corrected chi connectivity index (χ3v) is 4.18. The molecule has 0 saturated carbocycles. The highest BCUT2D eigenvalue weighted by Gasteiger charge is 2.11. The van der Waals surface area contributed by atoms with E-state index in [1.165, 1.54) is 11.1 Å². The summed E-state index contributed by atoms with van der Waals surface area (Å²) in [5.41, 5.74) is 5.86. The van der Waals surface area contributed by atoms with E-state index in [0.29, 0.717) is 0 Å². The Labute approximate surface area is 156 Å². The summed E-state index contributed by atoms with van der Waals surface area (Å²) in [5.74, 6) is 0. The maximum Gasteiger partial charge on any atom is 0.0458 e. The van der Waals surface area contributed by atoms with Crippen LogP contribution in [0.2, 0.25) is 0 Å². The standard InChI is InChI=1S/C25H23N/c1-3-4-7-12-21(2)26(24-15-10-6-11-16-24)25-19-17-23(18-20-25)22-13-8-5-9-14-22/h3-20H,1H2,2H3/b7-4-,21-12+. The minimum absolute atomic E-state index is 1.14. The highest BCUT2D eigenvalue weighted by molar-refractivity contribution is 5.72. The molecule has 0 spiro atoms. The lowest BCUT2D eigenvalue weighted by Gasteiger charge is -2.26. The van der Waals surface area contributed by atoms with E-state index in [2.05, 4.69) is 97.3 Å². The minimum atomic E-state index is 1.14. The van der Waals surface area contributed by atoms with Crippen LogP contribution in [0.1, 0.15) is 6.92 Å². The van der Waals surface area contributed by atoms with Gasteiger partial charge in [-0.15, -0.1) is 0 Å². The van der Waals surface area contributed by atoms with Gasteiger partial charge in [-0.05, 0) is 48.4 Å². The summed E-state index contributed by atoms with van der Waals surface area (Å²) in [7, 11) is 0. The van der Waals surface area contributed by atoms with Crippen LogP contribution < -0.4 is 4.90 Å². The second-order valence-corrected chi connectivity index (χ2v) is 6.01. The lowest BCUT2D eigenvalue weighted by atomic mass is 10.0. The van der Waals surface area contributed by atoms with E-state index in [9.17, 15) is 0 Å². The fraction of sp³-hybridized carbons (Fsp3) is 0.0400. The van der Waals surface area contributed by atoms with E-state index < -0.39 is 0 Å². The number of rotatable bonds is 6. The first kappa shape index (κ1) is 17.5. The largest absolute Gasteiger partial charge is 0.315 e. The lowest BCUT2D eigenvalue weighted by Crippen LogP contribution is -2.14. The van der Waals surface area contributed by atoms with E-state index in [1.54, 1.807) is 6.08 Å². The molecule has 1 heteroatoms. The van der Waals surface area contributed by atoms with Gasteiger partial charge in [-0.25, -0.2) is 0 Å². The van der Waals surface area contributed by atoms with Gasteiger partial charge in [0.2, 0.25) is 0 Å². The normalized spacial score (nSPS) is 11.5. The van der Waals surface area contributed by atoms with Gasteiger partial charge in [0.15, 0.2) is 0 Å². The monoisotopic (exact) mass is 337 g/mol. The molecule has 26 heavy (non-hydrogen) atoms. The Morgan fingerprint density at radius 3 is 1.85 bits per heavy atom. The van der Waals surface area contributed by atoms with Crippen molar-refractivity contribution in [1.29, 1.82) is 0 Å². The number of hydrogen-bond acceptors (Lipinski definition) is 1. The Morgan fingerprint density at radius 2 is 1.23 bits per heavy atom. The van der Waals surface area contributed by atoms with E-state index in [4.69, 9.17) is 0 Å². The molecule has 3 rings (SSSR count). The van der Waals surface area contributed by atoms with Crippen LogP contribution in [-0.2, 0) is 0 Å². The summed E-state index contributed by atoms with van der Waals surface area (Å²) >= 11 is 0. The molecule has 0 saturated heterocycles. The van der Waals surface area contributed by atoms with Crippen molar-refractivity contribution in [2.75, 3.05) is 4.90 Å². The molecule has 3 aromatic rings. The van der Waals surface area contributed by atoms with Crippen LogP contribution in [0.4, 0.5) is 11.4 Å². The van der Waals surface area contributed by atoms with Crippen molar-refractivity contribution in [3.63, 3.8) is 0 Å². The number of anilines is 2. The molecule has 0 bridgehead atoms. The van der Waals surface area contributed by atoms with Gasteiger partial charge < -0.3 is 4.90 Å². The molecule has 1 nitrogen and oxygen atoms in total. The summed E-state index contributed by atoms with van der Waals surface area (Å²) in [5, 5.41) is 0. The first-order valence-corrected chi connectivity index (χ1v) is 8.76. The van der Waals surface area contributed by atoms with Crippen LogP contribution in [0, 0.1) is 0 Å². The molecule has 0 aliphatic carbocycles. The van der Waals surface area contributed by atoms with Gasteiger partial charge in [-0.1, -0.05) is 85.5 Å². The molecule has 0 fully saturated rings. The fourth-order valence-electron chi connectivity index (χ4n) is 2.91. The third-order valence-electron chi connectivity index (χ3n) is 4.18. The number of para-hydroxylation sites is 1. The molecule has 0 atom stereocenters. The molecule has 0 heterocycles. The van der Waals surface area contributed by atoms with Gasteiger partial charge in [0, 0.05) is 17.1 Å². The van der Waals surface area contributed by atoms with Crippen molar-refractivity contribution in [1.82, 2.24) is 0 Å². The predicted molar refractivity (Wildman–Crippen MR) is 114 cm³/mol. The lowest BCUT2D eigenvalue weighted by molar-refractivity contribution is 1.16. The predicted octanol–water partition coefficient (Wildman–Crippen LogP) is 7.14. The van der Waals surface area contributed by atoms with E-state index >= 15 is 0 Å². The van der Waals surface area contributed by atoms with Crippen molar-refractivity contribution < 1.29 is 0 Å². The summed E-state index contributed by atoms with van der Waals surface area (Å²) in [4.78, 5) is 2.25. The van der Waals surface area contributed by atoms with Gasteiger partial charge in [-0.2, -0.15) is 0 Å². The number of allylic oxidation sites excluding steroid dienone is 5. The van der Waals surface area contributed by atoms with Gasteiger partial charge >= 0.3 is 0 Å². The molecular weight excluding hydrogens is 314 g/mol. The first-order valence-electron chi connectivity index (χ1n) is 8.76. The third kappa shape index (κ3) is 4.20. The molecule has 0 aliphatic heterocycles. The summed E-state index contributed by atoms with van der Waals surface area (Å²) in [6.45, 7) is 5.84. The maximum atomic E-state index is 3.73. The molecule has 3 aromatic carbocycles. The average Bonchev–Trinajstić information content (AvgIpc) is 2.70. The highest BCUT2D eigenvalue weighted by atomic mass is 15.1. The van der Waals surface area contributed by atoms with Crippen molar-refractivity contribution in [2.45, 2.75) is 6.92 Å². The van der Waals surface area contributed by atoms with Crippen LogP contribution in [0.15, 0.2) is 122 Å². The van der Waals surface area contributed by atoms with Crippen LogP contribution >= 0.6 is 0 Å². The fourth-order valence-corrected chi connectivity index (χ4v) is 2.91. The van der Waals surface area contributed by atoms with Crippen LogP contribution in [-0.4, -0.2) is 0 Å². The Balaban J connectivity index is 1.98. The van der Waals surface area contributed by atoms with Gasteiger partial charge in [0.25, 0.3) is 0 Å². The van der Waals surface area contributed by atoms with Crippen LogP contribution in [0.25, 0.3) is 11.1 Å². The number of benzene rings is 3. The minimum Gasteiger partial charge on any atom is -0.315 e. The second kappa shape index (κ2) is 8.68. The van der Waals surface area contributed by atoms with Gasteiger partial charge in [0.1, 0.15) is 0 Å². The molecule has 0 amide bonds. The second-order valence-electron chi connectivity index (χ2n) is 6.01. The first-order chi connectivity index (χ1) is 12.8. The topological polar surface area (TPSA) is 3.24 Å². The highest BCUT2D eigenvalue weighted by Crippen LogP contribution is 2.31. The zero-order valence-corrected chi connectivity index (χ0v) is 15.0. The summed E-state index contributed by atoms with van der Waals surface area (Å²) < 4.78 is 0. The maximum absolute atomic E-state index is 3.73. The van der Waals surface area contributed by atoms with Crippen LogP contribution in [0.3, 0.4) is 0 Å². The molecule has 0 aromatic heterocycles. The van der Waals surface area contributed by atoms with Crippen molar-refractivity contribution in [2.24, 2.45) is 0 Å². The number of hydrogen-bond donors (Lipinski definition) is 0. The zero-order valence-electron chi connectivity index (χ0n) is 15.0. The average molecular weight is 337 g/mol. The summed E-state index contributed by atoms with van der Waals surface area (Å²) in [6, 6.07) is 29.5. The van der Waals surface area contributed by atoms with E-state index in [1.807, 2.05) is 24.3 Å². The van der Waals surface area contributed by atoms with Crippen molar-refractivity contribution >= 4 is 11.4 Å². The Bertz CT molecular complexity index is 888. The molecule has 128 valence electrons. The smallest absolute Gasteiger partial charge is 0.0458 e. The van der Waals surface area contributed by atoms with Crippen LogP contribution in [0.5, 0.6) is 0 Å². The Morgan fingerprint density at radius 1 is 0.692 bits per heavy atom. The quantitative estimate of drug-likeness (QED) is 0.432. The van der Waals surface area contributed by atoms with Gasteiger partial charge in [-0.3, -0.25) is 0 Å². The number of nitrogens with zero attached hydrogens (tertiary/aromatic N) is 1. The summed E-state index contributed by atoms with van der Waals surface area (Å²) in [6.07, 6.45) is 7.83. The van der Waals surface area contributed by atoms with Crippen molar-refractivity contribution in [3.8, 4) is 11.1 Å². The molecular formula is C25H23N. The molecule has 0 aliphatic rings. The van der Waals surface area contributed by atoms with E-state index in [0.717, 1.165) is 17.1 Å². The van der Waals surface area contributed by atoms with E-state index in [-0.39, 0.29) is 0 Å². The zero-order chi connectivity index (χ0) is 18.2.